The molecular formula is C20H22N2O4. The molecule has 0 spiro atoms. The topological polar surface area (TPSA) is 75.7 Å². The number of imide groups is 1. The average Bonchev–Trinajstić information content (AvgIpc) is 3.31. The van der Waals surface area contributed by atoms with E-state index in [0.717, 1.165) is 12.0 Å². The SMILES string of the molecule is COc1ccccc1CC(=O)NCCN1C(=O)C2C3C=CC(C3)C2C1=O. The van der Waals surface area contributed by atoms with Gasteiger partial charge in [0, 0.05) is 18.7 Å². The number of benzene rings is 1. The molecule has 1 saturated heterocycles. The van der Waals surface area contributed by atoms with Gasteiger partial charge in [0.05, 0.1) is 25.4 Å². The number of fused-ring (bicyclic) bond motifs is 5. The number of allylic oxidation sites excluding steroid dienone is 2. The highest BCUT2D eigenvalue weighted by Gasteiger charge is 2.58. The summed E-state index contributed by atoms with van der Waals surface area (Å²) in [5.41, 5.74) is 0.804. The number of methoxy groups -OCH3 is 1. The van der Waals surface area contributed by atoms with Crippen LogP contribution in [0.4, 0.5) is 0 Å². The van der Waals surface area contributed by atoms with Crippen LogP contribution in [0.15, 0.2) is 36.4 Å². The van der Waals surface area contributed by atoms with E-state index < -0.39 is 0 Å². The van der Waals surface area contributed by atoms with Crippen LogP contribution in [0.25, 0.3) is 0 Å². The Hall–Kier alpha value is -2.63. The molecule has 6 heteroatoms. The fourth-order valence-electron chi connectivity index (χ4n) is 4.58. The van der Waals surface area contributed by atoms with Crippen LogP contribution in [0.5, 0.6) is 5.75 Å². The lowest BCUT2D eigenvalue weighted by Gasteiger charge is -2.17. The first-order valence-corrected chi connectivity index (χ1v) is 9.02. The lowest BCUT2D eigenvalue weighted by Crippen LogP contribution is -2.40. The molecule has 4 atom stereocenters. The van der Waals surface area contributed by atoms with Crippen molar-refractivity contribution in [2.24, 2.45) is 23.7 Å². The zero-order valence-corrected chi connectivity index (χ0v) is 14.7. The van der Waals surface area contributed by atoms with Crippen LogP contribution in [0, 0.1) is 23.7 Å². The molecule has 1 N–H and O–H groups in total. The molecule has 2 aliphatic carbocycles. The van der Waals surface area contributed by atoms with Crippen molar-refractivity contribution in [1.29, 1.82) is 0 Å². The van der Waals surface area contributed by atoms with Gasteiger partial charge in [-0.1, -0.05) is 30.4 Å². The second-order valence-electron chi connectivity index (χ2n) is 7.17. The number of carbonyl (C=O) groups is 3. The molecule has 4 unspecified atom stereocenters. The zero-order valence-electron chi connectivity index (χ0n) is 14.7. The van der Waals surface area contributed by atoms with Crippen LogP contribution < -0.4 is 10.1 Å². The van der Waals surface area contributed by atoms with Crippen LogP contribution in [-0.2, 0) is 20.8 Å². The standard InChI is InChI=1S/C20H22N2O4/c1-26-15-5-3-2-4-12(15)11-16(23)21-8-9-22-19(24)17-13-6-7-14(10-13)18(17)20(22)25/h2-7,13-14,17-18H,8-11H2,1H3,(H,21,23). The first-order chi connectivity index (χ1) is 12.6. The third kappa shape index (κ3) is 2.69. The third-order valence-electron chi connectivity index (χ3n) is 5.76. The highest BCUT2D eigenvalue weighted by atomic mass is 16.5. The predicted octanol–water partition coefficient (Wildman–Crippen LogP) is 1.16. The van der Waals surface area contributed by atoms with Crippen LogP contribution in [0.2, 0.25) is 0 Å². The molecule has 4 rings (SSSR count). The van der Waals surface area contributed by atoms with E-state index in [2.05, 4.69) is 17.5 Å². The lowest BCUT2D eigenvalue weighted by atomic mass is 9.85. The Morgan fingerprint density at radius 1 is 1.15 bits per heavy atom. The van der Waals surface area contributed by atoms with E-state index in [-0.39, 0.29) is 60.9 Å². The van der Waals surface area contributed by atoms with E-state index in [1.54, 1.807) is 7.11 Å². The first-order valence-electron chi connectivity index (χ1n) is 9.02. The van der Waals surface area contributed by atoms with Crippen LogP contribution in [0.1, 0.15) is 12.0 Å². The number of ether oxygens (including phenoxy) is 1. The molecule has 2 fully saturated rings. The number of hydrogen-bond acceptors (Lipinski definition) is 4. The van der Waals surface area contributed by atoms with Gasteiger partial charge in [0.15, 0.2) is 0 Å². The Bertz CT molecular complexity index is 758. The fourth-order valence-corrected chi connectivity index (χ4v) is 4.58. The van der Waals surface area contributed by atoms with Crippen molar-refractivity contribution in [2.75, 3.05) is 20.2 Å². The molecule has 26 heavy (non-hydrogen) atoms. The van der Waals surface area contributed by atoms with Gasteiger partial charge in [-0.3, -0.25) is 19.3 Å². The number of nitrogens with zero attached hydrogens (tertiary/aromatic N) is 1. The minimum absolute atomic E-state index is 0.0733. The van der Waals surface area contributed by atoms with Gasteiger partial charge in [0.1, 0.15) is 5.75 Å². The van der Waals surface area contributed by atoms with Crippen molar-refractivity contribution in [3.63, 3.8) is 0 Å². The minimum atomic E-state index is -0.179. The van der Waals surface area contributed by atoms with Gasteiger partial charge in [-0.25, -0.2) is 0 Å². The molecule has 0 aromatic heterocycles. The lowest BCUT2D eigenvalue weighted by molar-refractivity contribution is -0.141. The van der Waals surface area contributed by atoms with Gasteiger partial charge in [-0.2, -0.15) is 0 Å². The summed E-state index contributed by atoms with van der Waals surface area (Å²) in [4.78, 5) is 38.7. The Kier molecular flexibility index (Phi) is 4.26. The summed E-state index contributed by atoms with van der Waals surface area (Å²) in [7, 11) is 1.57. The Labute approximate surface area is 152 Å². The van der Waals surface area contributed by atoms with Crippen LogP contribution in [0.3, 0.4) is 0 Å². The maximum atomic E-state index is 12.6. The van der Waals surface area contributed by atoms with E-state index >= 15 is 0 Å². The monoisotopic (exact) mass is 354 g/mol. The summed E-state index contributed by atoms with van der Waals surface area (Å²) >= 11 is 0. The number of carbonyl (C=O) groups excluding carboxylic acids is 3. The van der Waals surface area contributed by atoms with Crippen molar-refractivity contribution in [2.45, 2.75) is 12.8 Å². The predicted molar refractivity (Wildman–Crippen MR) is 94.1 cm³/mol. The molecule has 1 saturated carbocycles. The maximum absolute atomic E-state index is 12.6. The summed E-state index contributed by atoms with van der Waals surface area (Å²) in [5.74, 6) is 0.437. The number of likely N-dealkylation sites (tertiary alicyclic amines) is 1. The van der Waals surface area contributed by atoms with Gasteiger partial charge in [0.25, 0.3) is 0 Å². The fraction of sp³-hybridized carbons (Fsp3) is 0.450. The van der Waals surface area contributed by atoms with E-state index in [9.17, 15) is 14.4 Å². The molecule has 0 radical (unpaired) electrons. The van der Waals surface area contributed by atoms with Gasteiger partial charge in [0.2, 0.25) is 17.7 Å². The summed E-state index contributed by atoms with van der Waals surface area (Å²) in [6, 6.07) is 7.36. The average molecular weight is 354 g/mol. The van der Waals surface area contributed by atoms with Crippen molar-refractivity contribution >= 4 is 17.7 Å². The highest BCUT2D eigenvalue weighted by Crippen LogP contribution is 2.52. The first kappa shape index (κ1) is 16.8. The number of para-hydroxylation sites is 1. The van der Waals surface area contributed by atoms with Crippen molar-refractivity contribution in [1.82, 2.24) is 10.2 Å². The summed E-state index contributed by atoms with van der Waals surface area (Å²) in [6.45, 7) is 0.509. The van der Waals surface area contributed by atoms with E-state index in [1.807, 2.05) is 24.3 Å². The smallest absolute Gasteiger partial charge is 0.233 e. The molecule has 6 nitrogen and oxygen atoms in total. The molecule has 136 valence electrons. The van der Waals surface area contributed by atoms with E-state index in [1.165, 1.54) is 4.90 Å². The van der Waals surface area contributed by atoms with Gasteiger partial charge in [-0.15, -0.1) is 0 Å². The van der Waals surface area contributed by atoms with Gasteiger partial charge >= 0.3 is 0 Å². The Morgan fingerprint density at radius 3 is 2.46 bits per heavy atom. The summed E-state index contributed by atoms with van der Waals surface area (Å²) in [5, 5.41) is 2.80. The number of hydrogen-bond donors (Lipinski definition) is 1. The molecule has 3 aliphatic rings. The molecule has 1 aromatic carbocycles. The number of rotatable bonds is 6. The molecule has 3 amide bonds. The van der Waals surface area contributed by atoms with Gasteiger partial charge < -0.3 is 10.1 Å². The van der Waals surface area contributed by atoms with Crippen molar-refractivity contribution < 1.29 is 19.1 Å². The normalized spacial score (nSPS) is 28.6. The molecule has 1 heterocycles. The molecular weight excluding hydrogens is 332 g/mol. The quantitative estimate of drug-likeness (QED) is 0.614. The second-order valence-corrected chi connectivity index (χ2v) is 7.17. The van der Waals surface area contributed by atoms with E-state index in [0.29, 0.717) is 5.75 Å². The van der Waals surface area contributed by atoms with Crippen LogP contribution >= 0.6 is 0 Å². The summed E-state index contributed by atoms with van der Waals surface area (Å²) < 4.78 is 5.24. The van der Waals surface area contributed by atoms with Crippen LogP contribution in [-0.4, -0.2) is 42.8 Å². The highest BCUT2D eigenvalue weighted by molar-refractivity contribution is 6.06. The molecule has 1 aromatic rings. The number of nitrogens with one attached hydrogen (secondary N) is 1. The van der Waals surface area contributed by atoms with Crippen molar-refractivity contribution in [3.05, 3.63) is 42.0 Å². The maximum Gasteiger partial charge on any atom is 0.233 e. The third-order valence-corrected chi connectivity index (χ3v) is 5.76. The van der Waals surface area contributed by atoms with Gasteiger partial charge in [-0.05, 0) is 24.3 Å². The largest absolute Gasteiger partial charge is 0.496 e. The van der Waals surface area contributed by atoms with Crippen molar-refractivity contribution in [3.8, 4) is 5.75 Å². The van der Waals surface area contributed by atoms with E-state index in [4.69, 9.17) is 4.74 Å². The molecule has 2 bridgehead atoms. The number of amides is 3. The Morgan fingerprint density at radius 2 is 1.81 bits per heavy atom. The zero-order chi connectivity index (χ0) is 18.3. The minimum Gasteiger partial charge on any atom is -0.496 e. The second kappa shape index (κ2) is 6.59. The molecule has 1 aliphatic heterocycles. The summed E-state index contributed by atoms with van der Waals surface area (Å²) in [6.07, 6.45) is 5.28. The Balaban J connectivity index is 1.31.